The maximum Gasteiger partial charge on any atom is 0.293 e. The Balaban J connectivity index is 2.06. The van der Waals surface area contributed by atoms with Gasteiger partial charge in [-0.1, -0.05) is 6.08 Å². The highest BCUT2D eigenvalue weighted by atomic mass is 16.2. The van der Waals surface area contributed by atoms with E-state index < -0.39 is 0 Å². The summed E-state index contributed by atoms with van der Waals surface area (Å²) in [5.41, 5.74) is 2.24. The first-order valence-corrected chi connectivity index (χ1v) is 4.76. The Labute approximate surface area is 86.1 Å². The molecule has 1 amide bonds. The van der Waals surface area contributed by atoms with E-state index in [-0.39, 0.29) is 17.7 Å². The highest BCUT2D eigenvalue weighted by Crippen LogP contribution is 2.26. The molecule has 3 aliphatic rings. The molecule has 0 aromatic rings. The normalized spacial score (nSPS) is 27.5. The molecule has 4 heteroatoms. The summed E-state index contributed by atoms with van der Waals surface area (Å²) >= 11 is 0. The summed E-state index contributed by atoms with van der Waals surface area (Å²) in [6, 6.07) is -0.362. The second kappa shape index (κ2) is 2.76. The molecule has 0 aromatic carbocycles. The van der Waals surface area contributed by atoms with Crippen molar-refractivity contribution in [3.05, 3.63) is 35.1 Å². The van der Waals surface area contributed by atoms with Gasteiger partial charge in [-0.3, -0.25) is 9.59 Å². The van der Waals surface area contributed by atoms with E-state index in [2.05, 4.69) is 10.3 Å². The molecular weight excluding hydrogens is 192 g/mol. The zero-order valence-electron chi connectivity index (χ0n) is 7.86. The number of dihydropyridines is 1. The fourth-order valence-electron chi connectivity index (χ4n) is 1.99. The fraction of sp³-hybridized carbons (Fsp3) is 0.182. The third-order valence-corrected chi connectivity index (χ3v) is 2.74. The van der Waals surface area contributed by atoms with Crippen molar-refractivity contribution >= 4 is 17.9 Å². The molecule has 2 aliphatic heterocycles. The lowest BCUT2D eigenvalue weighted by atomic mass is 9.89. The van der Waals surface area contributed by atoms with Gasteiger partial charge in [-0.25, -0.2) is 4.99 Å². The number of hydrogen-bond acceptors (Lipinski definition) is 3. The monoisotopic (exact) mass is 200 g/mol. The molecule has 0 radical (unpaired) electrons. The van der Waals surface area contributed by atoms with Crippen LogP contribution in [0.25, 0.3) is 0 Å². The minimum Gasteiger partial charge on any atom is -0.367 e. The Morgan fingerprint density at radius 3 is 3.13 bits per heavy atom. The number of hydrogen-bond donors (Lipinski definition) is 1. The van der Waals surface area contributed by atoms with Crippen molar-refractivity contribution in [1.82, 2.24) is 5.32 Å². The van der Waals surface area contributed by atoms with Crippen LogP contribution in [-0.4, -0.2) is 23.9 Å². The average Bonchev–Trinajstić information content (AvgIpc) is 2.59. The Morgan fingerprint density at radius 1 is 1.40 bits per heavy atom. The minimum absolute atomic E-state index is 0.00116. The molecule has 0 bridgehead atoms. The topological polar surface area (TPSA) is 58.5 Å². The van der Waals surface area contributed by atoms with E-state index in [1.807, 2.05) is 12.2 Å². The molecular formula is C11H8N2O2. The number of carbonyl (C=O) groups is 2. The zero-order chi connectivity index (χ0) is 10.4. The Kier molecular flexibility index (Phi) is 1.54. The van der Waals surface area contributed by atoms with E-state index in [4.69, 9.17) is 0 Å². The number of carbonyl (C=O) groups excluding carboxylic acids is 2. The van der Waals surface area contributed by atoms with Gasteiger partial charge >= 0.3 is 0 Å². The van der Waals surface area contributed by atoms with Gasteiger partial charge in [0.15, 0.2) is 5.78 Å². The number of rotatable bonds is 0. The maximum absolute atomic E-state index is 11.6. The number of aliphatic imine (C=N–C) groups is 1. The Bertz CT molecular complexity index is 495. The number of amides is 1. The second-order valence-electron chi connectivity index (χ2n) is 3.70. The summed E-state index contributed by atoms with van der Waals surface area (Å²) in [7, 11) is 0. The van der Waals surface area contributed by atoms with Crippen molar-refractivity contribution in [2.45, 2.75) is 12.5 Å². The third-order valence-electron chi connectivity index (χ3n) is 2.74. The highest BCUT2D eigenvalue weighted by molar-refractivity contribution is 6.13. The highest BCUT2D eigenvalue weighted by Gasteiger charge is 2.32. The molecule has 1 aliphatic carbocycles. The summed E-state index contributed by atoms with van der Waals surface area (Å²) in [5.74, 6) is -0.290. The van der Waals surface area contributed by atoms with Crippen molar-refractivity contribution < 1.29 is 9.59 Å². The number of ketones is 1. The summed E-state index contributed by atoms with van der Waals surface area (Å²) in [6.07, 6.45) is 7.57. The average molecular weight is 200 g/mol. The van der Waals surface area contributed by atoms with E-state index in [9.17, 15) is 9.59 Å². The van der Waals surface area contributed by atoms with Crippen LogP contribution in [0, 0.1) is 0 Å². The molecule has 0 saturated carbocycles. The standard InChI is InChI=1S/C11H8N2O2/c14-8-3-1-2-6-4-7-5-12-11(15)10(7)13-9(6)8/h1,3-5,9,13H,2H2. The molecule has 74 valence electrons. The molecule has 3 rings (SSSR count). The molecule has 4 nitrogen and oxygen atoms in total. The summed E-state index contributed by atoms with van der Waals surface area (Å²) in [4.78, 5) is 26.6. The molecule has 15 heavy (non-hydrogen) atoms. The summed E-state index contributed by atoms with van der Waals surface area (Å²) < 4.78 is 0. The van der Waals surface area contributed by atoms with Gasteiger partial charge in [0.05, 0.1) is 0 Å². The first-order valence-electron chi connectivity index (χ1n) is 4.76. The molecule has 0 fully saturated rings. The van der Waals surface area contributed by atoms with Crippen LogP contribution in [0.2, 0.25) is 0 Å². The van der Waals surface area contributed by atoms with Gasteiger partial charge in [0.25, 0.3) is 5.91 Å². The van der Waals surface area contributed by atoms with Gasteiger partial charge in [0.1, 0.15) is 11.7 Å². The lowest BCUT2D eigenvalue weighted by Crippen LogP contribution is -2.42. The lowest BCUT2D eigenvalue weighted by Gasteiger charge is -2.26. The summed E-state index contributed by atoms with van der Waals surface area (Å²) in [5, 5.41) is 2.95. The quantitative estimate of drug-likeness (QED) is 0.611. The summed E-state index contributed by atoms with van der Waals surface area (Å²) in [6.45, 7) is 0. The predicted molar refractivity (Wildman–Crippen MR) is 54.3 cm³/mol. The van der Waals surface area contributed by atoms with E-state index in [1.165, 1.54) is 6.21 Å². The van der Waals surface area contributed by atoms with Gasteiger partial charge in [-0.2, -0.15) is 0 Å². The second-order valence-corrected chi connectivity index (χ2v) is 3.70. The number of fused-ring (bicyclic) bond motifs is 1. The van der Waals surface area contributed by atoms with Crippen LogP contribution in [-0.2, 0) is 9.59 Å². The third kappa shape index (κ3) is 1.11. The van der Waals surface area contributed by atoms with E-state index in [0.29, 0.717) is 5.70 Å². The first-order chi connectivity index (χ1) is 7.25. The molecule has 0 aromatic heterocycles. The lowest BCUT2D eigenvalue weighted by molar-refractivity contribution is -0.116. The van der Waals surface area contributed by atoms with Crippen LogP contribution in [0.4, 0.5) is 0 Å². The van der Waals surface area contributed by atoms with Gasteiger partial charge in [-0.15, -0.1) is 0 Å². The van der Waals surface area contributed by atoms with Crippen molar-refractivity contribution in [3.8, 4) is 0 Å². The Hall–Kier alpha value is -1.97. The van der Waals surface area contributed by atoms with Crippen LogP contribution in [0.1, 0.15) is 6.42 Å². The van der Waals surface area contributed by atoms with Crippen LogP contribution in [0.3, 0.4) is 0 Å². The fourth-order valence-corrected chi connectivity index (χ4v) is 1.99. The molecule has 1 atom stereocenters. The Morgan fingerprint density at radius 2 is 2.27 bits per heavy atom. The molecule has 0 spiro atoms. The number of nitrogens with one attached hydrogen (secondary N) is 1. The minimum atomic E-state index is -0.362. The smallest absolute Gasteiger partial charge is 0.293 e. The zero-order valence-corrected chi connectivity index (χ0v) is 7.86. The van der Waals surface area contributed by atoms with Crippen LogP contribution in [0.5, 0.6) is 0 Å². The molecule has 2 heterocycles. The van der Waals surface area contributed by atoms with Crippen molar-refractivity contribution in [2.24, 2.45) is 4.99 Å². The van der Waals surface area contributed by atoms with Gasteiger partial charge in [0, 0.05) is 11.8 Å². The van der Waals surface area contributed by atoms with Crippen LogP contribution >= 0.6 is 0 Å². The van der Waals surface area contributed by atoms with Gasteiger partial charge < -0.3 is 5.32 Å². The van der Waals surface area contributed by atoms with Gasteiger partial charge in [0.2, 0.25) is 0 Å². The molecule has 1 unspecified atom stereocenters. The number of allylic oxidation sites excluding steroid dienone is 3. The van der Waals surface area contributed by atoms with E-state index in [1.54, 1.807) is 6.08 Å². The maximum atomic E-state index is 11.6. The molecule has 1 N–H and O–H groups in total. The van der Waals surface area contributed by atoms with E-state index >= 15 is 0 Å². The van der Waals surface area contributed by atoms with Crippen LogP contribution in [0.15, 0.2) is 40.1 Å². The molecule has 0 saturated heterocycles. The van der Waals surface area contributed by atoms with Crippen LogP contribution < -0.4 is 5.32 Å². The largest absolute Gasteiger partial charge is 0.367 e. The number of nitrogens with zero attached hydrogens (tertiary/aromatic N) is 1. The van der Waals surface area contributed by atoms with Gasteiger partial charge in [-0.05, 0) is 24.1 Å². The van der Waals surface area contributed by atoms with Crippen molar-refractivity contribution in [1.29, 1.82) is 0 Å². The SMILES string of the molecule is O=C1N=CC2=C1NC1C(=O)C=CCC1=C2. The predicted octanol–water partition coefficient (Wildman–Crippen LogP) is 0.279. The van der Waals surface area contributed by atoms with Crippen molar-refractivity contribution in [2.75, 3.05) is 0 Å². The van der Waals surface area contributed by atoms with E-state index in [0.717, 1.165) is 17.6 Å². The van der Waals surface area contributed by atoms with Crippen molar-refractivity contribution in [3.63, 3.8) is 0 Å². The first kappa shape index (κ1) is 8.35.